The first kappa shape index (κ1) is 14.1. The number of fused-ring (bicyclic) bond motifs is 5. The minimum Gasteiger partial charge on any atom is -0.508 e. The van der Waals surface area contributed by atoms with Crippen LogP contribution in [0.15, 0.2) is 36.1 Å². The molecule has 1 aromatic carbocycles. The highest BCUT2D eigenvalue weighted by atomic mass is 16.3. The maximum Gasteiger partial charge on any atom is 0.115 e. The highest BCUT2D eigenvalue weighted by Crippen LogP contribution is 2.63. The molecule has 0 saturated heterocycles. The second-order valence-electron chi connectivity index (χ2n) is 7.59. The van der Waals surface area contributed by atoms with Gasteiger partial charge in [-0.3, -0.25) is 0 Å². The van der Waals surface area contributed by atoms with E-state index in [4.69, 9.17) is 0 Å². The second-order valence-corrected chi connectivity index (χ2v) is 7.59. The molecule has 0 bridgehead atoms. The largest absolute Gasteiger partial charge is 0.508 e. The molecule has 0 aromatic heterocycles. The minimum absolute atomic E-state index is 0.233. The molecule has 2 saturated carbocycles. The molecule has 5 atom stereocenters. The molecule has 1 aromatic rings. The van der Waals surface area contributed by atoms with Crippen LogP contribution in [0, 0.1) is 17.3 Å². The van der Waals surface area contributed by atoms with E-state index in [9.17, 15) is 10.2 Å². The van der Waals surface area contributed by atoms with Crippen molar-refractivity contribution in [2.75, 3.05) is 0 Å². The standard InChI is InChI=1S/C20H24O2/c1-3-12-4-7-18-16-11-19(22)17-10-13(21)5-6-14(17)15(16)8-9-20(12,18)2/h5-6,10,15-16,18-19,21-22H,1,4,7-9,11H2,2H3/t15-,16-,18+,19?,20-/m1/s1. The topological polar surface area (TPSA) is 40.5 Å². The van der Waals surface area contributed by atoms with Crippen LogP contribution in [0.5, 0.6) is 5.75 Å². The Morgan fingerprint density at radius 2 is 2.09 bits per heavy atom. The van der Waals surface area contributed by atoms with Crippen molar-refractivity contribution in [3.8, 4) is 5.75 Å². The van der Waals surface area contributed by atoms with Crippen molar-refractivity contribution < 1.29 is 10.2 Å². The van der Waals surface area contributed by atoms with E-state index in [-0.39, 0.29) is 11.2 Å². The number of aliphatic hydroxyl groups is 1. The van der Waals surface area contributed by atoms with Gasteiger partial charge in [0.2, 0.25) is 0 Å². The lowest BCUT2D eigenvalue weighted by atomic mass is 9.55. The van der Waals surface area contributed by atoms with Crippen LogP contribution in [0.1, 0.15) is 62.2 Å². The Balaban J connectivity index is 1.77. The molecule has 4 rings (SSSR count). The van der Waals surface area contributed by atoms with Gasteiger partial charge in [-0.15, -0.1) is 5.73 Å². The molecule has 3 aliphatic rings. The SMILES string of the molecule is C=C=C1CC[C@H]2[C@@H]3CC(O)c4cc(O)ccc4[C@H]3CC[C@]12C. The average Bonchev–Trinajstić information content (AvgIpc) is 2.84. The number of phenols is 1. The molecular weight excluding hydrogens is 272 g/mol. The molecule has 0 heterocycles. The summed E-state index contributed by atoms with van der Waals surface area (Å²) < 4.78 is 0. The maximum absolute atomic E-state index is 10.6. The maximum atomic E-state index is 10.6. The molecule has 0 aliphatic heterocycles. The molecule has 0 amide bonds. The summed E-state index contributed by atoms with van der Waals surface area (Å²) in [5.41, 5.74) is 7.06. The van der Waals surface area contributed by atoms with Crippen molar-refractivity contribution in [1.29, 1.82) is 0 Å². The number of phenolic OH excluding ortho intramolecular Hbond substituents is 1. The van der Waals surface area contributed by atoms with Crippen molar-refractivity contribution in [2.24, 2.45) is 17.3 Å². The Morgan fingerprint density at radius 3 is 2.86 bits per heavy atom. The van der Waals surface area contributed by atoms with Crippen LogP contribution in [0.25, 0.3) is 0 Å². The minimum atomic E-state index is -0.442. The molecule has 0 spiro atoms. The van der Waals surface area contributed by atoms with E-state index in [0.717, 1.165) is 24.8 Å². The Kier molecular flexibility index (Phi) is 3.04. The Labute approximate surface area is 132 Å². The van der Waals surface area contributed by atoms with Gasteiger partial charge >= 0.3 is 0 Å². The van der Waals surface area contributed by atoms with Gasteiger partial charge in [-0.1, -0.05) is 19.6 Å². The van der Waals surface area contributed by atoms with Crippen LogP contribution in [-0.4, -0.2) is 10.2 Å². The van der Waals surface area contributed by atoms with Gasteiger partial charge in [-0.2, -0.15) is 0 Å². The van der Waals surface area contributed by atoms with Crippen molar-refractivity contribution in [3.63, 3.8) is 0 Å². The third kappa shape index (κ3) is 1.77. The zero-order valence-electron chi connectivity index (χ0n) is 13.2. The normalized spacial score (nSPS) is 39.6. The first-order valence-electron chi connectivity index (χ1n) is 8.45. The molecule has 2 fully saturated rings. The van der Waals surface area contributed by atoms with E-state index in [1.54, 1.807) is 12.1 Å². The lowest BCUT2D eigenvalue weighted by molar-refractivity contribution is 0.0305. The first-order valence-corrected chi connectivity index (χ1v) is 8.45. The number of hydrogen-bond donors (Lipinski definition) is 2. The van der Waals surface area contributed by atoms with Crippen LogP contribution in [-0.2, 0) is 0 Å². The fourth-order valence-electron chi connectivity index (χ4n) is 5.68. The summed E-state index contributed by atoms with van der Waals surface area (Å²) in [5, 5.41) is 20.3. The number of aromatic hydroxyl groups is 1. The number of aliphatic hydroxyl groups excluding tert-OH is 1. The summed E-state index contributed by atoms with van der Waals surface area (Å²) in [6, 6.07) is 5.56. The number of benzene rings is 1. The predicted octanol–water partition coefficient (Wildman–Crippen LogP) is 4.45. The van der Waals surface area contributed by atoms with E-state index < -0.39 is 6.10 Å². The lowest BCUT2D eigenvalue weighted by Gasteiger charge is -2.50. The summed E-state index contributed by atoms with van der Waals surface area (Å²) in [7, 11) is 0. The monoisotopic (exact) mass is 296 g/mol. The van der Waals surface area contributed by atoms with Crippen LogP contribution < -0.4 is 0 Å². The molecule has 2 nitrogen and oxygen atoms in total. The van der Waals surface area contributed by atoms with Crippen LogP contribution in [0.4, 0.5) is 0 Å². The average molecular weight is 296 g/mol. The highest BCUT2D eigenvalue weighted by molar-refractivity contribution is 5.42. The van der Waals surface area contributed by atoms with E-state index in [0.29, 0.717) is 17.8 Å². The van der Waals surface area contributed by atoms with E-state index in [2.05, 4.69) is 19.2 Å². The molecule has 1 unspecified atom stereocenters. The van der Waals surface area contributed by atoms with Gasteiger partial charge in [0.15, 0.2) is 0 Å². The number of rotatable bonds is 0. The zero-order chi connectivity index (χ0) is 15.5. The Bertz CT molecular complexity index is 670. The summed E-state index contributed by atoms with van der Waals surface area (Å²) >= 11 is 0. The van der Waals surface area contributed by atoms with Gasteiger partial charge in [0.05, 0.1) is 6.10 Å². The fourth-order valence-corrected chi connectivity index (χ4v) is 5.68. The summed E-state index contributed by atoms with van der Waals surface area (Å²) in [6.07, 6.45) is 5.05. The third-order valence-corrected chi connectivity index (χ3v) is 6.76. The Hall–Kier alpha value is -1.50. The van der Waals surface area contributed by atoms with Crippen molar-refractivity contribution in [3.05, 3.63) is 47.2 Å². The van der Waals surface area contributed by atoms with Crippen LogP contribution in [0.2, 0.25) is 0 Å². The number of hydrogen-bond acceptors (Lipinski definition) is 2. The van der Waals surface area contributed by atoms with Gasteiger partial charge in [-0.05, 0) is 84.1 Å². The van der Waals surface area contributed by atoms with E-state index in [1.165, 1.54) is 24.0 Å². The van der Waals surface area contributed by atoms with Gasteiger partial charge < -0.3 is 10.2 Å². The van der Waals surface area contributed by atoms with Crippen molar-refractivity contribution in [1.82, 2.24) is 0 Å². The van der Waals surface area contributed by atoms with Gasteiger partial charge in [0.1, 0.15) is 5.75 Å². The molecule has 2 heteroatoms. The molecular formula is C20H24O2. The van der Waals surface area contributed by atoms with Crippen LogP contribution >= 0.6 is 0 Å². The molecule has 0 radical (unpaired) electrons. The van der Waals surface area contributed by atoms with Gasteiger partial charge in [0, 0.05) is 0 Å². The summed E-state index contributed by atoms with van der Waals surface area (Å²) in [4.78, 5) is 0. The smallest absolute Gasteiger partial charge is 0.115 e. The lowest BCUT2D eigenvalue weighted by Crippen LogP contribution is -2.41. The van der Waals surface area contributed by atoms with Crippen molar-refractivity contribution in [2.45, 2.75) is 51.0 Å². The van der Waals surface area contributed by atoms with Gasteiger partial charge in [0.25, 0.3) is 0 Å². The molecule has 2 N–H and O–H groups in total. The second kappa shape index (κ2) is 4.75. The highest BCUT2D eigenvalue weighted by Gasteiger charge is 2.53. The third-order valence-electron chi connectivity index (χ3n) is 6.76. The number of allylic oxidation sites excluding steroid dienone is 1. The van der Waals surface area contributed by atoms with E-state index in [1.807, 2.05) is 6.07 Å². The van der Waals surface area contributed by atoms with Gasteiger partial charge in [-0.25, -0.2) is 0 Å². The van der Waals surface area contributed by atoms with Crippen molar-refractivity contribution >= 4 is 0 Å². The predicted molar refractivity (Wildman–Crippen MR) is 86.6 cm³/mol. The fraction of sp³-hybridized carbons (Fsp3) is 0.550. The molecule has 22 heavy (non-hydrogen) atoms. The summed E-state index contributed by atoms with van der Waals surface area (Å²) in [5.74, 6) is 1.96. The molecule has 116 valence electrons. The van der Waals surface area contributed by atoms with Crippen LogP contribution in [0.3, 0.4) is 0 Å². The first-order chi connectivity index (χ1) is 10.5. The molecule has 3 aliphatic carbocycles. The summed E-state index contributed by atoms with van der Waals surface area (Å²) in [6.45, 7) is 6.29. The Morgan fingerprint density at radius 1 is 1.27 bits per heavy atom. The zero-order valence-corrected chi connectivity index (χ0v) is 13.2. The van der Waals surface area contributed by atoms with E-state index >= 15 is 0 Å². The quantitative estimate of drug-likeness (QED) is 0.694.